The first kappa shape index (κ1) is 16.2. The van der Waals surface area contributed by atoms with Crippen LogP contribution in [-0.2, 0) is 19.6 Å². The summed E-state index contributed by atoms with van der Waals surface area (Å²) in [6.45, 7) is 7.15. The summed E-state index contributed by atoms with van der Waals surface area (Å²) in [4.78, 5) is 0. The molecule has 2 aromatic rings. The Morgan fingerprint density at radius 3 is 2.67 bits per heavy atom. The number of nitrogen functional groups attached to an aromatic ring is 1. The molecule has 0 atom stereocenters. The number of aryl methyl sites for hydroxylation is 3. The highest BCUT2D eigenvalue weighted by atomic mass is 79.9. The third kappa shape index (κ3) is 3.35. The van der Waals surface area contributed by atoms with Crippen LogP contribution in [0.5, 0.6) is 5.75 Å². The Morgan fingerprint density at radius 2 is 2.10 bits per heavy atom. The van der Waals surface area contributed by atoms with Gasteiger partial charge in [0, 0.05) is 11.0 Å². The minimum atomic E-state index is 0.354. The molecule has 0 aliphatic rings. The first-order chi connectivity index (χ1) is 9.97. The molecule has 114 valence electrons. The third-order valence-corrected chi connectivity index (χ3v) is 4.21. The second-order valence-corrected chi connectivity index (χ2v) is 6.10. The van der Waals surface area contributed by atoms with E-state index in [2.05, 4.69) is 21.0 Å². The van der Waals surface area contributed by atoms with Gasteiger partial charge in [0.15, 0.2) is 0 Å². The fraction of sp³-hybridized carbons (Fsp3) is 0.400. The number of halogens is 2. The van der Waals surface area contributed by atoms with Crippen molar-refractivity contribution in [2.75, 3.05) is 5.73 Å². The molecular formula is C15H19BrClN3O. The summed E-state index contributed by atoms with van der Waals surface area (Å²) in [5.41, 5.74) is 9.39. The number of benzene rings is 1. The van der Waals surface area contributed by atoms with Crippen LogP contribution >= 0.6 is 27.5 Å². The van der Waals surface area contributed by atoms with Crippen molar-refractivity contribution in [3.63, 3.8) is 0 Å². The Bertz CT molecular complexity index is 632. The van der Waals surface area contributed by atoms with Gasteiger partial charge in [0.25, 0.3) is 0 Å². The number of ether oxygens (including phenoxy) is 1. The predicted molar refractivity (Wildman–Crippen MR) is 89.9 cm³/mol. The van der Waals surface area contributed by atoms with Crippen molar-refractivity contribution in [1.82, 2.24) is 9.78 Å². The van der Waals surface area contributed by atoms with Gasteiger partial charge in [-0.1, -0.05) is 34.5 Å². The van der Waals surface area contributed by atoms with Gasteiger partial charge >= 0.3 is 0 Å². The van der Waals surface area contributed by atoms with Crippen molar-refractivity contribution in [2.24, 2.45) is 0 Å². The summed E-state index contributed by atoms with van der Waals surface area (Å²) < 4.78 is 8.72. The summed E-state index contributed by atoms with van der Waals surface area (Å²) >= 11 is 9.80. The number of hydrogen-bond acceptors (Lipinski definition) is 3. The summed E-state index contributed by atoms with van der Waals surface area (Å²) in [5, 5.41) is 5.17. The standard InChI is InChI=1S/C15H19BrClN3O/c1-4-12-14(17)13(20(5-2)19-12)8-21-15-9(3)6-10(16)7-11(15)18/h6-7H,4-5,8,18H2,1-3H3. The van der Waals surface area contributed by atoms with Crippen LogP contribution in [0.15, 0.2) is 16.6 Å². The van der Waals surface area contributed by atoms with Crippen molar-refractivity contribution in [2.45, 2.75) is 40.3 Å². The van der Waals surface area contributed by atoms with Gasteiger partial charge in [-0.15, -0.1) is 0 Å². The lowest BCUT2D eigenvalue weighted by Crippen LogP contribution is -2.08. The Hall–Kier alpha value is -1.20. The first-order valence-corrected chi connectivity index (χ1v) is 8.07. The largest absolute Gasteiger partial charge is 0.485 e. The van der Waals surface area contributed by atoms with E-state index in [1.165, 1.54) is 0 Å². The Labute approximate surface area is 138 Å². The van der Waals surface area contributed by atoms with E-state index in [-0.39, 0.29) is 0 Å². The quantitative estimate of drug-likeness (QED) is 0.794. The molecule has 0 fully saturated rings. The molecule has 0 saturated carbocycles. The smallest absolute Gasteiger partial charge is 0.145 e. The fourth-order valence-corrected chi connectivity index (χ4v) is 3.16. The SMILES string of the molecule is CCc1nn(CC)c(COc2c(C)cc(Br)cc2N)c1Cl. The van der Waals surface area contributed by atoms with Crippen LogP contribution in [0.25, 0.3) is 0 Å². The van der Waals surface area contributed by atoms with E-state index >= 15 is 0 Å². The lowest BCUT2D eigenvalue weighted by Gasteiger charge is -2.13. The second kappa shape index (κ2) is 6.71. The average molecular weight is 373 g/mol. The molecule has 0 unspecified atom stereocenters. The molecule has 0 saturated heterocycles. The lowest BCUT2D eigenvalue weighted by atomic mass is 10.2. The van der Waals surface area contributed by atoms with E-state index in [9.17, 15) is 0 Å². The van der Waals surface area contributed by atoms with Gasteiger partial charge in [-0.05, 0) is 38.0 Å². The number of anilines is 1. The molecule has 21 heavy (non-hydrogen) atoms. The van der Waals surface area contributed by atoms with E-state index in [0.717, 1.165) is 34.4 Å². The van der Waals surface area contributed by atoms with Crippen molar-refractivity contribution in [3.05, 3.63) is 38.6 Å². The molecule has 0 spiro atoms. The zero-order valence-electron chi connectivity index (χ0n) is 12.4. The summed E-state index contributed by atoms with van der Waals surface area (Å²) in [5.74, 6) is 0.691. The number of hydrogen-bond donors (Lipinski definition) is 1. The summed E-state index contributed by atoms with van der Waals surface area (Å²) in [6.07, 6.45) is 0.804. The molecule has 1 heterocycles. The normalized spacial score (nSPS) is 10.9. The van der Waals surface area contributed by atoms with E-state index in [1.807, 2.05) is 37.6 Å². The molecule has 6 heteroatoms. The zero-order chi connectivity index (χ0) is 15.6. The van der Waals surface area contributed by atoms with Crippen molar-refractivity contribution in [3.8, 4) is 5.75 Å². The first-order valence-electron chi connectivity index (χ1n) is 6.90. The molecular weight excluding hydrogens is 354 g/mol. The molecule has 0 radical (unpaired) electrons. The molecule has 0 amide bonds. The van der Waals surface area contributed by atoms with Crippen LogP contribution in [0.4, 0.5) is 5.69 Å². The number of nitrogens with two attached hydrogens (primary N) is 1. The Kier molecular flexibility index (Phi) is 5.17. The van der Waals surface area contributed by atoms with E-state index in [1.54, 1.807) is 0 Å². The van der Waals surface area contributed by atoms with E-state index < -0.39 is 0 Å². The second-order valence-electron chi connectivity index (χ2n) is 4.81. The molecule has 4 nitrogen and oxygen atoms in total. The summed E-state index contributed by atoms with van der Waals surface area (Å²) in [7, 11) is 0. The summed E-state index contributed by atoms with van der Waals surface area (Å²) in [6, 6.07) is 3.81. The van der Waals surface area contributed by atoms with Crippen molar-refractivity contribution >= 4 is 33.2 Å². The topological polar surface area (TPSA) is 53.1 Å². The monoisotopic (exact) mass is 371 g/mol. The molecule has 2 rings (SSSR count). The van der Waals surface area contributed by atoms with Crippen molar-refractivity contribution < 1.29 is 4.74 Å². The van der Waals surface area contributed by atoms with Gasteiger partial charge in [0.05, 0.1) is 22.1 Å². The predicted octanol–water partition coefficient (Wildman–Crippen LogP) is 4.35. The Morgan fingerprint density at radius 1 is 1.38 bits per heavy atom. The van der Waals surface area contributed by atoms with Crippen LogP contribution in [-0.4, -0.2) is 9.78 Å². The lowest BCUT2D eigenvalue weighted by molar-refractivity contribution is 0.292. The van der Waals surface area contributed by atoms with E-state index in [4.69, 9.17) is 22.1 Å². The minimum absolute atomic E-state index is 0.354. The maximum atomic E-state index is 6.38. The highest BCUT2D eigenvalue weighted by Crippen LogP contribution is 2.31. The van der Waals surface area contributed by atoms with Crippen LogP contribution in [0, 0.1) is 6.92 Å². The molecule has 0 bridgehead atoms. The molecule has 1 aromatic carbocycles. The van der Waals surface area contributed by atoms with Gasteiger partial charge in [-0.3, -0.25) is 4.68 Å². The molecule has 0 aliphatic heterocycles. The van der Waals surface area contributed by atoms with Gasteiger partial charge in [-0.25, -0.2) is 0 Å². The fourth-order valence-electron chi connectivity index (χ4n) is 2.25. The van der Waals surface area contributed by atoms with Crippen molar-refractivity contribution in [1.29, 1.82) is 0 Å². The number of nitrogens with zero attached hydrogens (tertiary/aromatic N) is 2. The van der Waals surface area contributed by atoms with Crippen LogP contribution in [0.2, 0.25) is 5.02 Å². The molecule has 1 aromatic heterocycles. The highest BCUT2D eigenvalue weighted by molar-refractivity contribution is 9.10. The van der Waals surface area contributed by atoms with Gasteiger partial charge in [-0.2, -0.15) is 5.10 Å². The Balaban J connectivity index is 2.26. The van der Waals surface area contributed by atoms with Gasteiger partial charge < -0.3 is 10.5 Å². The van der Waals surface area contributed by atoms with Crippen LogP contribution in [0.3, 0.4) is 0 Å². The van der Waals surface area contributed by atoms with E-state index in [0.29, 0.717) is 23.1 Å². The molecule has 0 aliphatic carbocycles. The van der Waals surface area contributed by atoms with Crippen LogP contribution in [0.1, 0.15) is 30.8 Å². The number of aromatic nitrogens is 2. The molecule has 2 N–H and O–H groups in total. The minimum Gasteiger partial charge on any atom is -0.485 e. The average Bonchev–Trinajstić information content (AvgIpc) is 2.73. The maximum Gasteiger partial charge on any atom is 0.145 e. The third-order valence-electron chi connectivity index (χ3n) is 3.32. The highest BCUT2D eigenvalue weighted by Gasteiger charge is 2.16. The zero-order valence-corrected chi connectivity index (χ0v) is 14.8. The van der Waals surface area contributed by atoms with Gasteiger partial charge in [0.2, 0.25) is 0 Å². The maximum absolute atomic E-state index is 6.38. The van der Waals surface area contributed by atoms with Crippen LogP contribution < -0.4 is 10.5 Å². The number of rotatable bonds is 5. The van der Waals surface area contributed by atoms with Gasteiger partial charge in [0.1, 0.15) is 12.4 Å².